The lowest BCUT2D eigenvalue weighted by Gasteiger charge is -2.19. The Morgan fingerprint density at radius 2 is 2.21 bits per heavy atom. The number of ether oxygens (including phenoxy) is 1. The second-order valence-electron chi connectivity index (χ2n) is 4.80. The third-order valence-corrected chi connectivity index (χ3v) is 3.85. The summed E-state index contributed by atoms with van der Waals surface area (Å²) in [5.41, 5.74) is 0. The van der Waals surface area contributed by atoms with E-state index in [9.17, 15) is 0 Å². The van der Waals surface area contributed by atoms with Crippen molar-refractivity contribution >= 4 is 15.9 Å². The van der Waals surface area contributed by atoms with Gasteiger partial charge in [-0.3, -0.25) is 0 Å². The normalized spacial score (nSPS) is 15.9. The Morgan fingerprint density at radius 1 is 1.32 bits per heavy atom. The van der Waals surface area contributed by atoms with Crippen LogP contribution >= 0.6 is 15.9 Å². The smallest absolute Gasteiger partial charge is 0.173 e. The van der Waals surface area contributed by atoms with Crippen LogP contribution in [0.1, 0.15) is 37.5 Å². The molecule has 1 aromatic heterocycles. The van der Waals surface area contributed by atoms with Crippen molar-refractivity contribution in [1.29, 1.82) is 0 Å². The number of hydrogen-bond donors (Lipinski definition) is 0. The van der Waals surface area contributed by atoms with Crippen molar-refractivity contribution in [2.45, 2.75) is 38.8 Å². The second kappa shape index (κ2) is 5.33. The van der Waals surface area contributed by atoms with Gasteiger partial charge >= 0.3 is 0 Å². The quantitative estimate of drug-likeness (QED) is 0.868. The highest BCUT2D eigenvalue weighted by atomic mass is 79.9. The SMILES string of the molecule is CC(Oc1cccc(Br)c1)c1nnc2n1CCCC2. The summed E-state index contributed by atoms with van der Waals surface area (Å²) >= 11 is 3.45. The van der Waals surface area contributed by atoms with Crippen LogP contribution in [0.4, 0.5) is 0 Å². The van der Waals surface area contributed by atoms with E-state index in [2.05, 4.69) is 30.7 Å². The lowest BCUT2D eigenvalue weighted by molar-refractivity contribution is 0.208. The molecule has 100 valence electrons. The number of halogens is 1. The minimum atomic E-state index is -0.0892. The van der Waals surface area contributed by atoms with E-state index in [1.807, 2.05) is 31.2 Å². The molecule has 1 unspecified atom stereocenters. The predicted octanol–water partition coefficient (Wildman–Crippen LogP) is 3.52. The number of aryl methyl sites for hydroxylation is 1. The van der Waals surface area contributed by atoms with E-state index in [0.717, 1.165) is 34.8 Å². The maximum absolute atomic E-state index is 5.95. The molecule has 1 aliphatic rings. The summed E-state index contributed by atoms with van der Waals surface area (Å²) in [6.07, 6.45) is 3.34. The summed E-state index contributed by atoms with van der Waals surface area (Å²) in [6, 6.07) is 7.86. The standard InChI is InChI=1S/C14H16BrN3O/c1-10(19-12-6-4-5-11(15)9-12)14-17-16-13-7-2-3-8-18(13)14/h4-6,9-10H,2-3,7-8H2,1H3. The lowest BCUT2D eigenvalue weighted by Crippen LogP contribution is -2.17. The molecule has 2 aromatic rings. The molecule has 3 rings (SSSR count). The molecule has 0 N–H and O–H groups in total. The molecule has 0 spiro atoms. The van der Waals surface area contributed by atoms with Gasteiger partial charge in [-0.15, -0.1) is 10.2 Å². The molecule has 0 amide bonds. The van der Waals surface area contributed by atoms with Crippen molar-refractivity contribution in [2.75, 3.05) is 0 Å². The summed E-state index contributed by atoms with van der Waals surface area (Å²) in [6.45, 7) is 3.02. The average Bonchev–Trinajstić information content (AvgIpc) is 2.82. The van der Waals surface area contributed by atoms with E-state index in [1.165, 1.54) is 12.8 Å². The second-order valence-corrected chi connectivity index (χ2v) is 5.72. The number of rotatable bonds is 3. The van der Waals surface area contributed by atoms with Crippen LogP contribution in [0.15, 0.2) is 28.7 Å². The third-order valence-electron chi connectivity index (χ3n) is 3.36. The Labute approximate surface area is 120 Å². The van der Waals surface area contributed by atoms with E-state index in [0.29, 0.717) is 0 Å². The van der Waals surface area contributed by atoms with Crippen molar-refractivity contribution in [2.24, 2.45) is 0 Å². The molecule has 0 fully saturated rings. The number of hydrogen-bond acceptors (Lipinski definition) is 3. The van der Waals surface area contributed by atoms with Gasteiger partial charge in [0.2, 0.25) is 0 Å². The van der Waals surface area contributed by atoms with Crippen LogP contribution in [-0.4, -0.2) is 14.8 Å². The fourth-order valence-electron chi connectivity index (χ4n) is 2.43. The minimum absolute atomic E-state index is 0.0892. The van der Waals surface area contributed by atoms with Crippen LogP contribution in [0, 0.1) is 0 Å². The Hall–Kier alpha value is -1.36. The van der Waals surface area contributed by atoms with Gasteiger partial charge in [-0.2, -0.15) is 0 Å². The van der Waals surface area contributed by atoms with Crippen LogP contribution in [0.25, 0.3) is 0 Å². The van der Waals surface area contributed by atoms with E-state index in [4.69, 9.17) is 4.74 Å². The summed E-state index contributed by atoms with van der Waals surface area (Å²) in [5.74, 6) is 2.86. The minimum Gasteiger partial charge on any atom is -0.483 e. The fraction of sp³-hybridized carbons (Fsp3) is 0.429. The zero-order valence-electron chi connectivity index (χ0n) is 10.8. The Morgan fingerprint density at radius 3 is 3.05 bits per heavy atom. The highest BCUT2D eigenvalue weighted by Gasteiger charge is 2.21. The fourth-order valence-corrected chi connectivity index (χ4v) is 2.81. The molecule has 0 saturated carbocycles. The highest BCUT2D eigenvalue weighted by Crippen LogP contribution is 2.25. The molecule has 1 aliphatic heterocycles. The average molecular weight is 322 g/mol. The van der Waals surface area contributed by atoms with Gasteiger partial charge in [0.1, 0.15) is 11.6 Å². The van der Waals surface area contributed by atoms with Crippen molar-refractivity contribution in [3.8, 4) is 5.75 Å². The van der Waals surface area contributed by atoms with E-state index >= 15 is 0 Å². The first-order valence-corrected chi connectivity index (χ1v) is 7.37. The van der Waals surface area contributed by atoms with Crippen LogP contribution in [0.2, 0.25) is 0 Å². The molecule has 1 atom stereocenters. The number of fused-ring (bicyclic) bond motifs is 1. The number of aromatic nitrogens is 3. The molecular weight excluding hydrogens is 306 g/mol. The Balaban J connectivity index is 1.80. The molecule has 0 aliphatic carbocycles. The van der Waals surface area contributed by atoms with Crippen LogP contribution < -0.4 is 4.74 Å². The first-order chi connectivity index (χ1) is 9.24. The van der Waals surface area contributed by atoms with Crippen molar-refractivity contribution in [3.05, 3.63) is 40.4 Å². The van der Waals surface area contributed by atoms with Gasteiger partial charge in [-0.1, -0.05) is 22.0 Å². The van der Waals surface area contributed by atoms with Crippen molar-refractivity contribution < 1.29 is 4.74 Å². The van der Waals surface area contributed by atoms with Gasteiger partial charge in [0.15, 0.2) is 11.9 Å². The van der Waals surface area contributed by atoms with Crippen LogP contribution in [0.3, 0.4) is 0 Å². The molecule has 0 bridgehead atoms. The van der Waals surface area contributed by atoms with Crippen molar-refractivity contribution in [3.63, 3.8) is 0 Å². The van der Waals surface area contributed by atoms with Gasteiger partial charge in [0.25, 0.3) is 0 Å². The van der Waals surface area contributed by atoms with Gasteiger partial charge in [-0.05, 0) is 38.0 Å². The number of benzene rings is 1. The topological polar surface area (TPSA) is 39.9 Å². The molecule has 1 aromatic carbocycles. The Bertz CT molecular complexity index is 582. The van der Waals surface area contributed by atoms with Crippen LogP contribution in [0.5, 0.6) is 5.75 Å². The van der Waals surface area contributed by atoms with Gasteiger partial charge < -0.3 is 9.30 Å². The van der Waals surface area contributed by atoms with Crippen LogP contribution in [-0.2, 0) is 13.0 Å². The van der Waals surface area contributed by atoms with E-state index in [1.54, 1.807) is 0 Å². The first-order valence-electron chi connectivity index (χ1n) is 6.58. The van der Waals surface area contributed by atoms with Crippen molar-refractivity contribution in [1.82, 2.24) is 14.8 Å². The maximum Gasteiger partial charge on any atom is 0.173 e. The highest BCUT2D eigenvalue weighted by molar-refractivity contribution is 9.10. The molecule has 19 heavy (non-hydrogen) atoms. The van der Waals surface area contributed by atoms with Gasteiger partial charge in [-0.25, -0.2) is 0 Å². The van der Waals surface area contributed by atoms with Gasteiger partial charge in [0.05, 0.1) is 0 Å². The Kier molecular flexibility index (Phi) is 3.55. The summed E-state index contributed by atoms with van der Waals surface area (Å²) in [5, 5.41) is 8.55. The molecule has 0 saturated heterocycles. The van der Waals surface area contributed by atoms with Gasteiger partial charge in [0, 0.05) is 17.4 Å². The zero-order valence-corrected chi connectivity index (χ0v) is 12.4. The summed E-state index contributed by atoms with van der Waals surface area (Å²) < 4.78 is 9.17. The monoisotopic (exact) mass is 321 g/mol. The third kappa shape index (κ3) is 2.66. The number of nitrogens with zero attached hydrogens (tertiary/aromatic N) is 3. The maximum atomic E-state index is 5.95. The lowest BCUT2D eigenvalue weighted by atomic mass is 10.1. The molecule has 2 heterocycles. The zero-order chi connectivity index (χ0) is 13.2. The molecule has 5 heteroatoms. The molecule has 0 radical (unpaired) electrons. The van der Waals surface area contributed by atoms with E-state index < -0.39 is 0 Å². The summed E-state index contributed by atoms with van der Waals surface area (Å²) in [7, 11) is 0. The first kappa shape index (κ1) is 12.7. The largest absolute Gasteiger partial charge is 0.483 e. The predicted molar refractivity (Wildman–Crippen MR) is 76.1 cm³/mol. The summed E-state index contributed by atoms with van der Waals surface area (Å²) in [4.78, 5) is 0. The molecule has 4 nitrogen and oxygen atoms in total. The molecular formula is C14H16BrN3O. The van der Waals surface area contributed by atoms with E-state index in [-0.39, 0.29) is 6.10 Å².